The quantitative estimate of drug-likeness (QED) is 0.207. The minimum atomic E-state index is -0.469. The van der Waals surface area contributed by atoms with E-state index in [-0.39, 0.29) is 36.1 Å². The molecule has 1 aliphatic carbocycles. The Hall–Kier alpha value is -0.990. The van der Waals surface area contributed by atoms with Crippen LogP contribution in [-0.4, -0.2) is 54.8 Å². The van der Waals surface area contributed by atoms with Crippen LogP contribution < -0.4 is 10.6 Å². The number of aliphatic imine (C=N–C) groups is 1. The smallest absolute Gasteiger partial charge is 0.410 e. The van der Waals surface area contributed by atoms with Gasteiger partial charge in [0, 0.05) is 32.2 Å². The van der Waals surface area contributed by atoms with E-state index < -0.39 is 5.60 Å². The number of nitrogens with zero attached hydrogens (tertiary/aromatic N) is 2. The average Bonchev–Trinajstić information content (AvgIpc) is 2.96. The molecule has 0 bridgehead atoms. The van der Waals surface area contributed by atoms with E-state index in [0.29, 0.717) is 12.6 Å². The molecule has 0 fully saturated rings. The van der Waals surface area contributed by atoms with Gasteiger partial charge in [-0.25, -0.2) is 4.79 Å². The Morgan fingerprint density at radius 2 is 1.92 bits per heavy atom. The van der Waals surface area contributed by atoms with Crippen LogP contribution in [0.3, 0.4) is 0 Å². The number of nitrogens with one attached hydrogen (secondary N) is 2. The van der Waals surface area contributed by atoms with Crippen LogP contribution in [0.25, 0.3) is 0 Å². The lowest BCUT2D eigenvalue weighted by atomic mass is 10.2. The van der Waals surface area contributed by atoms with Gasteiger partial charge in [-0.05, 0) is 53.9 Å². The van der Waals surface area contributed by atoms with E-state index in [9.17, 15) is 4.79 Å². The van der Waals surface area contributed by atoms with E-state index in [0.717, 1.165) is 31.8 Å². The van der Waals surface area contributed by atoms with Crippen LogP contribution in [-0.2, 0) is 4.74 Å². The standard InChI is InChI=1S/C18H34N4O2.HI/c1-14(2)22(17(23)24-18(3,4)5)13-9-12-20-16(19-6)21-15-10-7-8-11-15;/h7-8,14-15H,9-13H2,1-6H3,(H2,19,20,21);1H. The monoisotopic (exact) mass is 466 g/mol. The summed E-state index contributed by atoms with van der Waals surface area (Å²) < 4.78 is 5.47. The van der Waals surface area contributed by atoms with Crippen molar-refractivity contribution in [1.29, 1.82) is 0 Å². The highest BCUT2D eigenvalue weighted by atomic mass is 127. The summed E-state index contributed by atoms with van der Waals surface area (Å²) in [7, 11) is 1.78. The van der Waals surface area contributed by atoms with Gasteiger partial charge < -0.3 is 20.3 Å². The lowest BCUT2D eigenvalue weighted by Gasteiger charge is -2.30. The molecule has 0 unspecified atom stereocenters. The number of hydrogen-bond acceptors (Lipinski definition) is 3. The molecule has 0 saturated heterocycles. The number of amides is 1. The summed E-state index contributed by atoms with van der Waals surface area (Å²) in [6.07, 6.45) is 7.04. The summed E-state index contributed by atoms with van der Waals surface area (Å²) in [5.41, 5.74) is -0.469. The van der Waals surface area contributed by atoms with Crippen molar-refractivity contribution in [3.8, 4) is 0 Å². The lowest BCUT2D eigenvalue weighted by Crippen LogP contribution is -2.44. The number of hydrogen-bond donors (Lipinski definition) is 2. The van der Waals surface area contributed by atoms with Gasteiger partial charge in [0.1, 0.15) is 5.60 Å². The van der Waals surface area contributed by atoms with Crippen molar-refractivity contribution in [3.05, 3.63) is 12.2 Å². The summed E-state index contributed by atoms with van der Waals surface area (Å²) in [4.78, 5) is 18.3. The van der Waals surface area contributed by atoms with Crippen molar-refractivity contribution in [2.75, 3.05) is 20.1 Å². The molecule has 0 heterocycles. The van der Waals surface area contributed by atoms with E-state index in [1.165, 1.54) is 0 Å². The van der Waals surface area contributed by atoms with Gasteiger partial charge in [-0.1, -0.05) is 12.2 Å². The fourth-order valence-electron chi connectivity index (χ4n) is 2.46. The van der Waals surface area contributed by atoms with Crippen molar-refractivity contribution >= 4 is 36.0 Å². The van der Waals surface area contributed by atoms with Crippen LogP contribution in [0.5, 0.6) is 0 Å². The molecule has 1 rings (SSSR count). The normalized spacial score (nSPS) is 15.1. The third-order valence-electron chi connectivity index (χ3n) is 3.69. The zero-order valence-corrected chi connectivity index (χ0v) is 18.8. The lowest BCUT2D eigenvalue weighted by molar-refractivity contribution is 0.0190. The average molecular weight is 466 g/mol. The van der Waals surface area contributed by atoms with Crippen LogP contribution in [0, 0.1) is 0 Å². The SMILES string of the molecule is CN=C(NCCCN(C(=O)OC(C)(C)C)C(C)C)NC1CC=CC1.I. The second-order valence-electron chi connectivity index (χ2n) is 7.40. The first kappa shape index (κ1) is 24.0. The first-order valence-electron chi connectivity index (χ1n) is 8.84. The highest BCUT2D eigenvalue weighted by Gasteiger charge is 2.23. The number of ether oxygens (including phenoxy) is 1. The molecule has 146 valence electrons. The number of carbonyl (C=O) groups is 1. The molecule has 0 radical (unpaired) electrons. The van der Waals surface area contributed by atoms with E-state index in [1.54, 1.807) is 11.9 Å². The maximum atomic E-state index is 12.3. The first-order chi connectivity index (χ1) is 11.2. The molecular weight excluding hydrogens is 431 g/mol. The van der Waals surface area contributed by atoms with Gasteiger partial charge in [0.05, 0.1) is 0 Å². The first-order valence-corrected chi connectivity index (χ1v) is 8.84. The highest BCUT2D eigenvalue weighted by molar-refractivity contribution is 14.0. The summed E-state index contributed by atoms with van der Waals surface area (Å²) in [5, 5.41) is 6.71. The van der Waals surface area contributed by atoms with E-state index in [4.69, 9.17) is 4.74 Å². The highest BCUT2D eigenvalue weighted by Crippen LogP contribution is 2.12. The van der Waals surface area contributed by atoms with E-state index in [1.807, 2.05) is 34.6 Å². The molecule has 25 heavy (non-hydrogen) atoms. The van der Waals surface area contributed by atoms with Gasteiger partial charge >= 0.3 is 6.09 Å². The number of halogens is 1. The number of guanidine groups is 1. The zero-order valence-electron chi connectivity index (χ0n) is 16.5. The second-order valence-corrected chi connectivity index (χ2v) is 7.40. The van der Waals surface area contributed by atoms with Crippen molar-refractivity contribution in [3.63, 3.8) is 0 Å². The fourth-order valence-corrected chi connectivity index (χ4v) is 2.46. The van der Waals surface area contributed by atoms with Crippen LogP contribution in [0.1, 0.15) is 53.9 Å². The molecule has 0 spiro atoms. The number of carbonyl (C=O) groups excluding carboxylic acids is 1. The van der Waals surface area contributed by atoms with E-state index in [2.05, 4.69) is 27.8 Å². The van der Waals surface area contributed by atoms with Crippen molar-refractivity contribution in [2.45, 2.75) is 71.6 Å². The molecule has 6 nitrogen and oxygen atoms in total. The second kappa shape index (κ2) is 11.6. The molecule has 0 aromatic heterocycles. The van der Waals surface area contributed by atoms with Gasteiger partial charge in [-0.3, -0.25) is 4.99 Å². The Labute approximate surface area is 169 Å². The molecule has 1 aliphatic rings. The maximum absolute atomic E-state index is 12.3. The minimum Gasteiger partial charge on any atom is -0.444 e. The minimum absolute atomic E-state index is 0. The third kappa shape index (κ3) is 9.91. The molecule has 7 heteroatoms. The summed E-state index contributed by atoms with van der Waals surface area (Å²) in [5.74, 6) is 0.817. The molecule has 0 aromatic carbocycles. The Morgan fingerprint density at radius 3 is 2.40 bits per heavy atom. The van der Waals surface area contributed by atoms with Gasteiger partial charge in [0.15, 0.2) is 5.96 Å². The largest absolute Gasteiger partial charge is 0.444 e. The summed E-state index contributed by atoms with van der Waals surface area (Å²) in [6.45, 7) is 11.1. The van der Waals surface area contributed by atoms with Crippen LogP contribution in [0.15, 0.2) is 17.1 Å². The van der Waals surface area contributed by atoms with Crippen LogP contribution >= 0.6 is 24.0 Å². The molecule has 0 aliphatic heterocycles. The molecule has 0 atom stereocenters. The van der Waals surface area contributed by atoms with Crippen LogP contribution in [0.2, 0.25) is 0 Å². The zero-order chi connectivity index (χ0) is 18.2. The Bertz CT molecular complexity index is 450. The number of rotatable bonds is 6. The fraction of sp³-hybridized carbons (Fsp3) is 0.778. The van der Waals surface area contributed by atoms with Gasteiger partial charge in [-0.15, -0.1) is 24.0 Å². The van der Waals surface area contributed by atoms with E-state index >= 15 is 0 Å². The van der Waals surface area contributed by atoms with Crippen molar-refractivity contribution < 1.29 is 9.53 Å². The predicted molar refractivity (Wildman–Crippen MR) is 115 cm³/mol. The van der Waals surface area contributed by atoms with Crippen molar-refractivity contribution in [2.24, 2.45) is 4.99 Å². The predicted octanol–water partition coefficient (Wildman–Crippen LogP) is 3.52. The van der Waals surface area contributed by atoms with Gasteiger partial charge in [-0.2, -0.15) is 0 Å². The summed E-state index contributed by atoms with van der Waals surface area (Å²) >= 11 is 0. The van der Waals surface area contributed by atoms with Gasteiger partial charge in [0.2, 0.25) is 0 Å². The van der Waals surface area contributed by atoms with Crippen molar-refractivity contribution in [1.82, 2.24) is 15.5 Å². The van der Waals surface area contributed by atoms with Crippen LogP contribution in [0.4, 0.5) is 4.79 Å². The molecular formula is C18H35IN4O2. The Kier molecular flexibility index (Phi) is 11.1. The molecule has 0 aromatic rings. The summed E-state index contributed by atoms with van der Waals surface area (Å²) in [6, 6.07) is 0.548. The topological polar surface area (TPSA) is 66.0 Å². The molecule has 1 amide bonds. The third-order valence-corrected chi connectivity index (χ3v) is 3.69. The van der Waals surface area contributed by atoms with Gasteiger partial charge in [0.25, 0.3) is 0 Å². The molecule has 2 N–H and O–H groups in total. The Morgan fingerprint density at radius 1 is 1.32 bits per heavy atom. The Balaban J connectivity index is 0.00000576. The maximum Gasteiger partial charge on any atom is 0.410 e. The molecule has 0 saturated carbocycles.